The minimum atomic E-state index is -0.521. The molecule has 0 spiro atoms. The molecule has 0 radical (unpaired) electrons. The van der Waals surface area contributed by atoms with Gasteiger partial charge in [0, 0.05) is 31.0 Å². The van der Waals surface area contributed by atoms with Gasteiger partial charge in [0.2, 0.25) is 0 Å². The summed E-state index contributed by atoms with van der Waals surface area (Å²) < 4.78 is 26.6. The zero-order chi connectivity index (χ0) is 12.1. The Balaban J connectivity index is 1.95. The van der Waals surface area contributed by atoms with E-state index in [1.165, 1.54) is 18.2 Å². The Morgan fingerprint density at radius 1 is 0.941 bits per heavy atom. The van der Waals surface area contributed by atoms with Gasteiger partial charge in [0.1, 0.15) is 11.6 Å². The molecule has 1 N–H and O–H groups in total. The van der Waals surface area contributed by atoms with E-state index in [0.717, 1.165) is 5.56 Å². The maximum absolute atomic E-state index is 13.3. The summed E-state index contributed by atoms with van der Waals surface area (Å²) >= 11 is 0. The fourth-order valence-electron chi connectivity index (χ4n) is 1.53. The number of aromatic nitrogens is 1. The van der Waals surface area contributed by atoms with E-state index in [1.807, 2.05) is 12.1 Å². The topological polar surface area (TPSA) is 24.9 Å². The molecule has 1 aromatic heterocycles. The highest BCUT2D eigenvalue weighted by molar-refractivity contribution is 5.19. The van der Waals surface area contributed by atoms with E-state index in [0.29, 0.717) is 6.54 Å². The lowest BCUT2D eigenvalue weighted by molar-refractivity contribution is 0.535. The lowest BCUT2D eigenvalue weighted by Gasteiger charge is -2.06. The quantitative estimate of drug-likeness (QED) is 0.879. The van der Waals surface area contributed by atoms with Crippen LogP contribution < -0.4 is 5.32 Å². The first-order valence-corrected chi connectivity index (χ1v) is 5.30. The monoisotopic (exact) mass is 234 g/mol. The maximum Gasteiger partial charge on any atom is 0.130 e. The largest absolute Gasteiger partial charge is 0.308 e. The van der Waals surface area contributed by atoms with Crippen molar-refractivity contribution in [1.29, 1.82) is 0 Å². The molecule has 0 aliphatic rings. The van der Waals surface area contributed by atoms with E-state index in [4.69, 9.17) is 0 Å². The van der Waals surface area contributed by atoms with E-state index in [9.17, 15) is 8.78 Å². The molecule has 4 heteroatoms. The number of rotatable bonds is 4. The molecule has 2 nitrogen and oxygen atoms in total. The molecular weight excluding hydrogens is 222 g/mol. The van der Waals surface area contributed by atoms with Crippen LogP contribution in [-0.4, -0.2) is 4.98 Å². The van der Waals surface area contributed by atoms with Crippen molar-refractivity contribution in [3.05, 3.63) is 65.5 Å². The van der Waals surface area contributed by atoms with Crippen molar-refractivity contribution in [2.75, 3.05) is 0 Å². The van der Waals surface area contributed by atoms with Gasteiger partial charge in [0.25, 0.3) is 0 Å². The second-order valence-corrected chi connectivity index (χ2v) is 3.66. The predicted octanol–water partition coefficient (Wildman–Crippen LogP) is 2.65. The van der Waals surface area contributed by atoms with Crippen LogP contribution in [0.4, 0.5) is 8.78 Å². The number of halogens is 2. The van der Waals surface area contributed by atoms with Gasteiger partial charge in [-0.2, -0.15) is 0 Å². The van der Waals surface area contributed by atoms with Gasteiger partial charge in [-0.3, -0.25) is 4.98 Å². The molecule has 17 heavy (non-hydrogen) atoms. The van der Waals surface area contributed by atoms with Gasteiger partial charge in [0.15, 0.2) is 0 Å². The average molecular weight is 234 g/mol. The van der Waals surface area contributed by atoms with Gasteiger partial charge in [0.05, 0.1) is 0 Å². The van der Waals surface area contributed by atoms with E-state index in [-0.39, 0.29) is 12.1 Å². The summed E-state index contributed by atoms with van der Waals surface area (Å²) in [6.07, 6.45) is 3.36. The third-order valence-corrected chi connectivity index (χ3v) is 2.44. The number of pyridine rings is 1. The Hall–Kier alpha value is -1.81. The molecule has 0 atom stereocenters. The van der Waals surface area contributed by atoms with Crippen LogP contribution in [0.15, 0.2) is 42.7 Å². The van der Waals surface area contributed by atoms with Crippen molar-refractivity contribution >= 4 is 0 Å². The first-order valence-electron chi connectivity index (χ1n) is 5.30. The van der Waals surface area contributed by atoms with Crippen LogP contribution >= 0.6 is 0 Å². The van der Waals surface area contributed by atoms with E-state index in [1.54, 1.807) is 12.4 Å². The molecule has 0 aliphatic heterocycles. The average Bonchev–Trinajstić information content (AvgIpc) is 2.34. The summed E-state index contributed by atoms with van der Waals surface area (Å²) in [7, 11) is 0. The van der Waals surface area contributed by atoms with Crippen molar-refractivity contribution in [2.45, 2.75) is 13.1 Å². The molecule has 0 fully saturated rings. The summed E-state index contributed by atoms with van der Waals surface area (Å²) in [4.78, 5) is 3.89. The van der Waals surface area contributed by atoms with E-state index < -0.39 is 11.6 Å². The minimum absolute atomic E-state index is 0.0709. The molecule has 1 aromatic carbocycles. The van der Waals surface area contributed by atoms with Gasteiger partial charge in [-0.05, 0) is 29.8 Å². The first-order chi connectivity index (χ1) is 8.27. The van der Waals surface area contributed by atoms with E-state index >= 15 is 0 Å². The second-order valence-electron chi connectivity index (χ2n) is 3.66. The summed E-state index contributed by atoms with van der Waals surface area (Å²) in [5.74, 6) is -1.04. The fourth-order valence-corrected chi connectivity index (χ4v) is 1.53. The van der Waals surface area contributed by atoms with Gasteiger partial charge in [-0.25, -0.2) is 8.78 Å². The van der Waals surface area contributed by atoms with Gasteiger partial charge < -0.3 is 5.32 Å². The van der Waals surface area contributed by atoms with Crippen LogP contribution in [-0.2, 0) is 13.1 Å². The first kappa shape index (κ1) is 11.7. The molecule has 0 bridgehead atoms. The lowest BCUT2D eigenvalue weighted by Crippen LogP contribution is -2.15. The Labute approximate surface area is 98.3 Å². The summed E-state index contributed by atoms with van der Waals surface area (Å²) in [6.45, 7) is 0.719. The Morgan fingerprint density at radius 3 is 2.24 bits per heavy atom. The molecule has 88 valence electrons. The van der Waals surface area contributed by atoms with Crippen LogP contribution in [0.3, 0.4) is 0 Å². The molecule has 2 rings (SSSR count). The van der Waals surface area contributed by atoms with Gasteiger partial charge in [-0.15, -0.1) is 0 Å². The molecular formula is C13H12F2N2. The van der Waals surface area contributed by atoms with Crippen molar-refractivity contribution < 1.29 is 8.78 Å². The van der Waals surface area contributed by atoms with Crippen LogP contribution in [0.1, 0.15) is 11.1 Å². The zero-order valence-corrected chi connectivity index (χ0v) is 9.16. The number of nitrogens with zero attached hydrogens (tertiary/aromatic N) is 1. The van der Waals surface area contributed by atoms with Crippen molar-refractivity contribution in [3.8, 4) is 0 Å². The number of hydrogen-bond acceptors (Lipinski definition) is 2. The number of benzene rings is 1. The van der Waals surface area contributed by atoms with Crippen molar-refractivity contribution in [2.24, 2.45) is 0 Å². The smallest absolute Gasteiger partial charge is 0.130 e. The highest BCUT2D eigenvalue weighted by atomic mass is 19.1. The third kappa shape index (κ3) is 3.07. The Morgan fingerprint density at radius 2 is 1.59 bits per heavy atom. The Kier molecular flexibility index (Phi) is 3.77. The number of nitrogens with one attached hydrogen (secondary N) is 1. The Bertz CT molecular complexity index is 466. The molecule has 0 saturated heterocycles. The van der Waals surface area contributed by atoms with Crippen LogP contribution in [0.25, 0.3) is 0 Å². The molecule has 2 aromatic rings. The molecule has 0 saturated carbocycles. The summed E-state index contributed by atoms with van der Waals surface area (Å²) in [6, 6.07) is 7.57. The van der Waals surface area contributed by atoms with Crippen LogP contribution in [0.5, 0.6) is 0 Å². The standard InChI is InChI=1S/C13H12F2N2/c14-12-2-1-3-13(15)11(12)9-17-8-10-4-6-16-7-5-10/h1-7,17H,8-9H2. The SMILES string of the molecule is Fc1cccc(F)c1CNCc1ccncc1. The minimum Gasteiger partial charge on any atom is -0.308 e. The highest BCUT2D eigenvalue weighted by Crippen LogP contribution is 2.11. The lowest BCUT2D eigenvalue weighted by atomic mass is 10.2. The zero-order valence-electron chi connectivity index (χ0n) is 9.16. The predicted molar refractivity (Wildman–Crippen MR) is 61.1 cm³/mol. The molecule has 1 heterocycles. The molecule has 0 aliphatic carbocycles. The van der Waals surface area contributed by atoms with Crippen molar-refractivity contribution in [3.63, 3.8) is 0 Å². The van der Waals surface area contributed by atoms with Crippen LogP contribution in [0.2, 0.25) is 0 Å². The van der Waals surface area contributed by atoms with Crippen molar-refractivity contribution in [1.82, 2.24) is 10.3 Å². The van der Waals surface area contributed by atoms with Gasteiger partial charge >= 0.3 is 0 Å². The second kappa shape index (κ2) is 5.50. The summed E-state index contributed by atoms with van der Waals surface area (Å²) in [5, 5.41) is 2.99. The third-order valence-electron chi connectivity index (χ3n) is 2.44. The number of hydrogen-bond donors (Lipinski definition) is 1. The highest BCUT2D eigenvalue weighted by Gasteiger charge is 2.07. The summed E-state index contributed by atoms with van der Waals surface area (Å²) in [5.41, 5.74) is 1.10. The normalized spacial score (nSPS) is 10.5. The maximum atomic E-state index is 13.3. The van der Waals surface area contributed by atoms with Crippen LogP contribution in [0, 0.1) is 11.6 Å². The molecule has 0 unspecified atom stereocenters. The van der Waals surface area contributed by atoms with Gasteiger partial charge in [-0.1, -0.05) is 6.07 Å². The van der Waals surface area contributed by atoms with E-state index in [2.05, 4.69) is 10.3 Å². The molecule has 0 amide bonds. The fraction of sp³-hybridized carbons (Fsp3) is 0.154.